The predicted molar refractivity (Wildman–Crippen MR) is 39.4 cm³/mol. The molecule has 1 heterocycles. The SMILES string of the molecule is CC(N)Cc1cncnc1. The number of nitrogens with zero attached hydrogens (tertiary/aromatic N) is 2. The maximum absolute atomic E-state index is 5.57. The minimum Gasteiger partial charge on any atom is -0.328 e. The van der Waals surface area contributed by atoms with Crippen LogP contribution in [0.25, 0.3) is 0 Å². The van der Waals surface area contributed by atoms with Crippen LogP contribution in [0.15, 0.2) is 18.7 Å². The molecule has 0 aliphatic carbocycles. The summed E-state index contributed by atoms with van der Waals surface area (Å²) in [5, 5.41) is 0. The Morgan fingerprint density at radius 1 is 1.50 bits per heavy atom. The monoisotopic (exact) mass is 137 g/mol. The summed E-state index contributed by atoms with van der Waals surface area (Å²) < 4.78 is 0. The molecule has 0 fully saturated rings. The van der Waals surface area contributed by atoms with Crippen LogP contribution < -0.4 is 5.73 Å². The molecule has 0 aromatic carbocycles. The molecule has 1 aromatic rings. The van der Waals surface area contributed by atoms with E-state index in [4.69, 9.17) is 5.73 Å². The molecule has 0 saturated heterocycles. The first-order valence-electron chi connectivity index (χ1n) is 3.28. The van der Waals surface area contributed by atoms with E-state index in [2.05, 4.69) is 9.97 Å². The maximum Gasteiger partial charge on any atom is 0.115 e. The lowest BCUT2D eigenvalue weighted by molar-refractivity contribution is 0.732. The quantitative estimate of drug-likeness (QED) is 0.640. The molecule has 10 heavy (non-hydrogen) atoms. The van der Waals surface area contributed by atoms with Crippen LogP contribution >= 0.6 is 0 Å². The van der Waals surface area contributed by atoms with E-state index in [9.17, 15) is 0 Å². The first kappa shape index (κ1) is 7.15. The van der Waals surface area contributed by atoms with Crippen molar-refractivity contribution in [1.29, 1.82) is 0 Å². The average molecular weight is 137 g/mol. The zero-order valence-electron chi connectivity index (χ0n) is 5.99. The number of hydrogen-bond acceptors (Lipinski definition) is 3. The second kappa shape index (κ2) is 3.27. The van der Waals surface area contributed by atoms with Gasteiger partial charge in [0.2, 0.25) is 0 Å². The second-order valence-electron chi connectivity index (χ2n) is 2.43. The van der Waals surface area contributed by atoms with Crippen LogP contribution in [0.3, 0.4) is 0 Å². The van der Waals surface area contributed by atoms with Crippen molar-refractivity contribution in [3.05, 3.63) is 24.3 Å². The molecule has 0 radical (unpaired) electrons. The molecule has 3 nitrogen and oxygen atoms in total. The summed E-state index contributed by atoms with van der Waals surface area (Å²) in [5.74, 6) is 0. The van der Waals surface area contributed by atoms with E-state index in [0.717, 1.165) is 12.0 Å². The number of hydrogen-bond donors (Lipinski definition) is 1. The van der Waals surface area contributed by atoms with E-state index in [0.29, 0.717) is 0 Å². The van der Waals surface area contributed by atoms with Gasteiger partial charge in [0, 0.05) is 18.4 Å². The van der Waals surface area contributed by atoms with Gasteiger partial charge in [-0.05, 0) is 18.9 Å². The van der Waals surface area contributed by atoms with Crippen LogP contribution in [0.1, 0.15) is 12.5 Å². The fraction of sp³-hybridized carbons (Fsp3) is 0.429. The second-order valence-corrected chi connectivity index (χ2v) is 2.43. The Balaban J connectivity index is 2.59. The van der Waals surface area contributed by atoms with Crippen molar-refractivity contribution in [2.24, 2.45) is 5.73 Å². The van der Waals surface area contributed by atoms with Crippen LogP contribution in [-0.4, -0.2) is 16.0 Å². The number of rotatable bonds is 2. The molecule has 0 aliphatic heterocycles. The first-order chi connectivity index (χ1) is 4.79. The third-order valence-corrected chi connectivity index (χ3v) is 1.17. The van der Waals surface area contributed by atoms with Crippen molar-refractivity contribution >= 4 is 0 Å². The van der Waals surface area contributed by atoms with E-state index in [1.165, 1.54) is 6.33 Å². The van der Waals surface area contributed by atoms with Crippen molar-refractivity contribution in [2.45, 2.75) is 19.4 Å². The summed E-state index contributed by atoms with van der Waals surface area (Å²) in [4.78, 5) is 7.74. The Bertz CT molecular complexity index is 183. The Hall–Kier alpha value is -0.960. The third kappa shape index (κ3) is 2.11. The highest BCUT2D eigenvalue weighted by Gasteiger charge is 1.95. The first-order valence-corrected chi connectivity index (χ1v) is 3.28. The van der Waals surface area contributed by atoms with Crippen LogP contribution in [-0.2, 0) is 6.42 Å². The molecular weight excluding hydrogens is 126 g/mol. The Morgan fingerprint density at radius 2 is 2.10 bits per heavy atom. The molecular formula is C7H11N3. The summed E-state index contributed by atoms with van der Waals surface area (Å²) in [5.41, 5.74) is 6.66. The molecule has 3 heteroatoms. The highest BCUT2D eigenvalue weighted by Crippen LogP contribution is 1.95. The largest absolute Gasteiger partial charge is 0.328 e. The maximum atomic E-state index is 5.57. The molecule has 1 unspecified atom stereocenters. The number of nitrogens with two attached hydrogens (primary N) is 1. The molecule has 1 rings (SSSR count). The smallest absolute Gasteiger partial charge is 0.115 e. The van der Waals surface area contributed by atoms with Gasteiger partial charge in [-0.2, -0.15) is 0 Å². The van der Waals surface area contributed by atoms with Crippen LogP contribution in [0, 0.1) is 0 Å². The van der Waals surface area contributed by atoms with Crippen LogP contribution in [0.4, 0.5) is 0 Å². The van der Waals surface area contributed by atoms with Crippen LogP contribution in [0.2, 0.25) is 0 Å². The van der Waals surface area contributed by atoms with Gasteiger partial charge in [0.05, 0.1) is 0 Å². The van der Waals surface area contributed by atoms with Crippen molar-refractivity contribution < 1.29 is 0 Å². The predicted octanol–water partition coefficient (Wildman–Crippen LogP) is 0.366. The van der Waals surface area contributed by atoms with Gasteiger partial charge in [0.15, 0.2) is 0 Å². The normalized spacial score (nSPS) is 13.0. The van der Waals surface area contributed by atoms with Gasteiger partial charge < -0.3 is 5.73 Å². The summed E-state index contributed by atoms with van der Waals surface area (Å²) in [6.45, 7) is 1.97. The molecule has 1 atom stereocenters. The molecule has 0 amide bonds. The Kier molecular flexibility index (Phi) is 2.34. The average Bonchev–Trinajstić information content (AvgIpc) is 1.88. The highest BCUT2D eigenvalue weighted by molar-refractivity contribution is 5.03. The van der Waals surface area contributed by atoms with Gasteiger partial charge in [-0.3, -0.25) is 0 Å². The third-order valence-electron chi connectivity index (χ3n) is 1.17. The molecule has 0 saturated carbocycles. The van der Waals surface area contributed by atoms with Gasteiger partial charge in [-0.1, -0.05) is 0 Å². The minimum absolute atomic E-state index is 0.186. The molecule has 1 aromatic heterocycles. The molecule has 0 bridgehead atoms. The van der Waals surface area contributed by atoms with E-state index >= 15 is 0 Å². The topological polar surface area (TPSA) is 51.8 Å². The van der Waals surface area contributed by atoms with Gasteiger partial charge in [0.25, 0.3) is 0 Å². The van der Waals surface area contributed by atoms with Gasteiger partial charge in [0.1, 0.15) is 6.33 Å². The summed E-state index contributed by atoms with van der Waals surface area (Å²) in [6.07, 6.45) is 5.94. The summed E-state index contributed by atoms with van der Waals surface area (Å²) in [7, 11) is 0. The lowest BCUT2D eigenvalue weighted by atomic mass is 10.1. The summed E-state index contributed by atoms with van der Waals surface area (Å²) in [6, 6.07) is 0.186. The van der Waals surface area contributed by atoms with Crippen molar-refractivity contribution in [2.75, 3.05) is 0 Å². The lowest BCUT2D eigenvalue weighted by Gasteiger charge is -2.01. The fourth-order valence-corrected chi connectivity index (χ4v) is 0.807. The minimum atomic E-state index is 0.186. The van der Waals surface area contributed by atoms with Gasteiger partial charge in [-0.15, -0.1) is 0 Å². The fourth-order valence-electron chi connectivity index (χ4n) is 0.807. The van der Waals surface area contributed by atoms with Crippen molar-refractivity contribution in [1.82, 2.24) is 9.97 Å². The van der Waals surface area contributed by atoms with E-state index in [1.54, 1.807) is 12.4 Å². The Morgan fingerprint density at radius 3 is 2.60 bits per heavy atom. The van der Waals surface area contributed by atoms with Crippen LogP contribution in [0.5, 0.6) is 0 Å². The summed E-state index contributed by atoms with van der Waals surface area (Å²) >= 11 is 0. The Labute approximate surface area is 60.3 Å². The van der Waals surface area contributed by atoms with E-state index in [1.807, 2.05) is 6.92 Å². The van der Waals surface area contributed by atoms with E-state index in [-0.39, 0.29) is 6.04 Å². The standard InChI is InChI=1S/C7H11N3/c1-6(8)2-7-3-9-5-10-4-7/h3-6H,2,8H2,1H3. The number of aromatic nitrogens is 2. The highest BCUT2D eigenvalue weighted by atomic mass is 14.8. The zero-order valence-corrected chi connectivity index (χ0v) is 5.99. The molecule has 0 spiro atoms. The molecule has 0 aliphatic rings. The molecule has 2 N–H and O–H groups in total. The van der Waals surface area contributed by atoms with Crippen molar-refractivity contribution in [3.63, 3.8) is 0 Å². The van der Waals surface area contributed by atoms with Crippen molar-refractivity contribution in [3.8, 4) is 0 Å². The van der Waals surface area contributed by atoms with Gasteiger partial charge >= 0.3 is 0 Å². The lowest BCUT2D eigenvalue weighted by Crippen LogP contribution is -2.17. The van der Waals surface area contributed by atoms with E-state index < -0.39 is 0 Å². The van der Waals surface area contributed by atoms with Gasteiger partial charge in [-0.25, -0.2) is 9.97 Å². The zero-order chi connectivity index (χ0) is 7.40. The molecule has 54 valence electrons.